The zero-order valence-corrected chi connectivity index (χ0v) is 14.9. The molecule has 2 fully saturated rings. The zero-order chi connectivity index (χ0) is 15.9. The molecule has 22 heavy (non-hydrogen) atoms. The molecule has 0 radical (unpaired) electrons. The number of halogens is 1. The molecule has 1 unspecified atom stereocenters. The first-order valence-electron chi connectivity index (χ1n) is 7.22. The van der Waals surface area contributed by atoms with Crippen LogP contribution in [0.25, 0.3) is 0 Å². The first kappa shape index (κ1) is 15.9. The molecular formula is C16H18BrNO3S. The van der Waals surface area contributed by atoms with Crippen LogP contribution in [-0.4, -0.2) is 38.3 Å². The Bertz CT molecular complexity index is 592. The Labute approximate surface area is 142 Å². The minimum Gasteiger partial charge on any atom is -0.459 e. The second-order valence-electron chi connectivity index (χ2n) is 6.11. The van der Waals surface area contributed by atoms with E-state index >= 15 is 0 Å². The minimum absolute atomic E-state index is 0.0313. The van der Waals surface area contributed by atoms with E-state index < -0.39 is 6.04 Å². The van der Waals surface area contributed by atoms with Crippen molar-refractivity contribution in [3.05, 3.63) is 35.9 Å². The maximum atomic E-state index is 12.5. The zero-order valence-electron chi connectivity index (χ0n) is 12.5. The van der Waals surface area contributed by atoms with Crippen LogP contribution in [0, 0.1) is 5.92 Å². The average Bonchev–Trinajstić information content (AvgIpc) is 2.74. The third kappa shape index (κ3) is 2.56. The number of amides is 1. The summed E-state index contributed by atoms with van der Waals surface area (Å²) in [6.07, 6.45) is 0. The van der Waals surface area contributed by atoms with Crippen LogP contribution in [0.15, 0.2) is 30.3 Å². The van der Waals surface area contributed by atoms with Crippen molar-refractivity contribution in [1.29, 1.82) is 0 Å². The quantitative estimate of drug-likeness (QED) is 0.455. The fourth-order valence-electron chi connectivity index (χ4n) is 3.02. The van der Waals surface area contributed by atoms with Gasteiger partial charge >= 0.3 is 5.97 Å². The van der Waals surface area contributed by atoms with Gasteiger partial charge in [-0.25, -0.2) is 4.79 Å². The Hall–Kier alpha value is -1.01. The van der Waals surface area contributed by atoms with Crippen LogP contribution in [0.2, 0.25) is 0 Å². The predicted molar refractivity (Wildman–Crippen MR) is 89.6 cm³/mol. The van der Waals surface area contributed by atoms with E-state index in [0.717, 1.165) is 5.56 Å². The van der Waals surface area contributed by atoms with E-state index in [1.165, 1.54) is 0 Å². The summed E-state index contributed by atoms with van der Waals surface area (Å²) in [4.78, 5) is 26.4. The summed E-state index contributed by atoms with van der Waals surface area (Å²) in [5, 5.41) is 0.721. The number of hydrogen-bond donors (Lipinski definition) is 0. The number of β-lactam (4-membered cyclic amide) rings is 1. The van der Waals surface area contributed by atoms with Crippen molar-refractivity contribution in [3.63, 3.8) is 0 Å². The number of carbonyl (C=O) groups excluding carboxylic acids is 2. The van der Waals surface area contributed by atoms with Crippen molar-refractivity contribution in [2.75, 3.05) is 5.33 Å². The summed E-state index contributed by atoms with van der Waals surface area (Å²) in [5.41, 5.74) is 0.948. The van der Waals surface area contributed by atoms with Crippen molar-refractivity contribution in [1.82, 2.24) is 4.90 Å². The van der Waals surface area contributed by atoms with Gasteiger partial charge in [0.25, 0.3) is 0 Å². The van der Waals surface area contributed by atoms with E-state index in [4.69, 9.17) is 4.74 Å². The van der Waals surface area contributed by atoms with Crippen molar-refractivity contribution < 1.29 is 14.3 Å². The lowest BCUT2D eigenvalue weighted by atomic mass is 9.93. The molecule has 2 saturated heterocycles. The maximum Gasteiger partial charge on any atom is 0.330 e. The molecule has 3 atom stereocenters. The number of rotatable bonds is 4. The number of nitrogens with zero attached hydrogens (tertiary/aromatic N) is 1. The average molecular weight is 384 g/mol. The highest BCUT2D eigenvalue weighted by molar-refractivity contribution is 9.09. The molecule has 0 N–H and O–H groups in total. The number of hydrogen-bond acceptors (Lipinski definition) is 4. The summed E-state index contributed by atoms with van der Waals surface area (Å²) in [5.74, 6) is -0.303. The second-order valence-corrected chi connectivity index (χ2v) is 8.53. The standard InChI is InChI=1S/C16H18BrNO3S/c1-16(2)12(18-13(19)11(8-17)14(18)22-16)15(20)21-9-10-6-4-3-5-7-10/h3-7,11-12,14H,8-9H2,1-2H3/t11?,12-,14+/m0/s1. The van der Waals surface area contributed by atoms with Gasteiger partial charge in [0.1, 0.15) is 12.6 Å². The van der Waals surface area contributed by atoms with Crippen LogP contribution in [0.4, 0.5) is 0 Å². The molecule has 2 heterocycles. The van der Waals surface area contributed by atoms with E-state index in [-0.39, 0.29) is 34.5 Å². The summed E-state index contributed by atoms with van der Waals surface area (Å²) in [7, 11) is 0. The first-order chi connectivity index (χ1) is 10.5. The largest absolute Gasteiger partial charge is 0.459 e. The Morgan fingerprint density at radius 3 is 2.68 bits per heavy atom. The van der Waals surface area contributed by atoms with Crippen molar-refractivity contribution in [3.8, 4) is 0 Å². The highest BCUT2D eigenvalue weighted by Crippen LogP contribution is 2.53. The Balaban J connectivity index is 1.70. The minimum atomic E-state index is -0.506. The van der Waals surface area contributed by atoms with Crippen LogP contribution in [-0.2, 0) is 20.9 Å². The van der Waals surface area contributed by atoms with E-state index in [1.54, 1.807) is 16.7 Å². The maximum absolute atomic E-state index is 12.5. The lowest BCUT2D eigenvalue weighted by Gasteiger charge is -2.43. The number of fused-ring (bicyclic) bond motifs is 1. The molecular weight excluding hydrogens is 366 g/mol. The highest BCUT2D eigenvalue weighted by Gasteiger charge is 2.63. The van der Waals surface area contributed by atoms with Gasteiger partial charge < -0.3 is 9.64 Å². The SMILES string of the molecule is CC1(C)S[C@@H]2C(CBr)C(=O)N2[C@H]1C(=O)OCc1ccccc1. The molecule has 1 aromatic rings. The molecule has 4 nitrogen and oxygen atoms in total. The molecule has 6 heteroatoms. The molecule has 1 amide bonds. The molecule has 0 bridgehead atoms. The molecule has 0 spiro atoms. The summed E-state index contributed by atoms with van der Waals surface area (Å²) < 4.78 is 5.13. The van der Waals surface area contributed by atoms with Gasteiger partial charge in [0.15, 0.2) is 0 Å². The summed E-state index contributed by atoms with van der Waals surface area (Å²) >= 11 is 5.07. The normalized spacial score (nSPS) is 29.0. The molecule has 2 aliphatic heterocycles. The predicted octanol–water partition coefficient (Wildman–Crippen LogP) is 2.80. The smallest absolute Gasteiger partial charge is 0.330 e. The molecule has 0 aliphatic carbocycles. The fourth-order valence-corrected chi connectivity index (χ4v) is 5.58. The Kier molecular flexibility index (Phi) is 4.25. The number of alkyl halides is 1. The van der Waals surface area contributed by atoms with E-state index in [1.807, 2.05) is 44.2 Å². The van der Waals surface area contributed by atoms with Crippen LogP contribution in [0.5, 0.6) is 0 Å². The van der Waals surface area contributed by atoms with Crippen LogP contribution < -0.4 is 0 Å². The van der Waals surface area contributed by atoms with Crippen LogP contribution >= 0.6 is 27.7 Å². The number of benzene rings is 1. The third-order valence-corrected chi connectivity index (χ3v) is 6.49. The number of thioether (sulfide) groups is 1. The Morgan fingerprint density at radius 2 is 2.05 bits per heavy atom. The van der Waals surface area contributed by atoms with Gasteiger partial charge in [-0.15, -0.1) is 11.8 Å². The molecule has 3 rings (SSSR count). The van der Waals surface area contributed by atoms with Crippen LogP contribution in [0.3, 0.4) is 0 Å². The van der Waals surface area contributed by atoms with Gasteiger partial charge in [-0.2, -0.15) is 0 Å². The van der Waals surface area contributed by atoms with E-state index in [0.29, 0.717) is 5.33 Å². The molecule has 118 valence electrons. The molecule has 0 aromatic heterocycles. The monoisotopic (exact) mass is 383 g/mol. The summed E-state index contributed by atoms with van der Waals surface area (Å²) in [6.45, 7) is 4.25. The number of ether oxygens (including phenoxy) is 1. The lowest BCUT2D eigenvalue weighted by Crippen LogP contribution is -2.63. The van der Waals surface area contributed by atoms with Crippen molar-refractivity contribution in [2.24, 2.45) is 5.92 Å². The van der Waals surface area contributed by atoms with E-state index in [2.05, 4.69) is 15.9 Å². The van der Waals surface area contributed by atoms with Gasteiger partial charge in [0, 0.05) is 10.1 Å². The first-order valence-corrected chi connectivity index (χ1v) is 9.22. The second kappa shape index (κ2) is 5.89. The summed E-state index contributed by atoms with van der Waals surface area (Å²) in [6, 6.07) is 9.07. The molecule has 2 aliphatic rings. The Morgan fingerprint density at radius 1 is 1.36 bits per heavy atom. The topological polar surface area (TPSA) is 46.6 Å². The molecule has 0 saturated carbocycles. The van der Waals surface area contributed by atoms with Crippen LogP contribution in [0.1, 0.15) is 19.4 Å². The number of esters is 1. The lowest BCUT2D eigenvalue weighted by molar-refractivity contribution is -0.166. The fraction of sp³-hybridized carbons (Fsp3) is 0.500. The van der Waals surface area contributed by atoms with Gasteiger partial charge in [0.05, 0.1) is 11.3 Å². The van der Waals surface area contributed by atoms with Gasteiger partial charge in [0.2, 0.25) is 5.91 Å². The van der Waals surface area contributed by atoms with Gasteiger partial charge in [-0.05, 0) is 19.4 Å². The van der Waals surface area contributed by atoms with Gasteiger partial charge in [-0.1, -0.05) is 46.3 Å². The highest BCUT2D eigenvalue weighted by atomic mass is 79.9. The third-order valence-electron chi connectivity index (χ3n) is 4.16. The van der Waals surface area contributed by atoms with Crippen molar-refractivity contribution in [2.45, 2.75) is 36.6 Å². The number of carbonyl (C=O) groups is 2. The van der Waals surface area contributed by atoms with Gasteiger partial charge in [-0.3, -0.25) is 4.79 Å². The van der Waals surface area contributed by atoms with Crippen molar-refractivity contribution >= 4 is 39.6 Å². The molecule has 1 aromatic carbocycles. The van der Waals surface area contributed by atoms with E-state index in [9.17, 15) is 9.59 Å².